The quantitative estimate of drug-likeness (QED) is 0.620. The molecule has 0 N–H and O–H groups in total. The van der Waals surface area contributed by atoms with Crippen LogP contribution in [0, 0.1) is 23.1 Å². The summed E-state index contributed by atoms with van der Waals surface area (Å²) >= 11 is 0. The van der Waals surface area contributed by atoms with Gasteiger partial charge in [0, 0.05) is 6.54 Å². The molecule has 0 saturated carbocycles. The second-order valence-corrected chi connectivity index (χ2v) is 7.39. The molecule has 1 atom stereocenters. The molecule has 2 aromatic rings. The summed E-state index contributed by atoms with van der Waals surface area (Å²) in [7, 11) is 2.11. The van der Waals surface area contributed by atoms with Gasteiger partial charge in [0.15, 0.2) is 0 Å². The van der Waals surface area contributed by atoms with Crippen LogP contribution >= 0.6 is 0 Å². The number of rotatable bonds is 9. The number of likely N-dealkylation sites (N-methyl/N-ethyl adjacent to an activating group) is 1. The molecule has 0 aromatic heterocycles. The fourth-order valence-electron chi connectivity index (χ4n) is 3.46. The van der Waals surface area contributed by atoms with Crippen LogP contribution in [0.15, 0.2) is 54.6 Å². The van der Waals surface area contributed by atoms with Crippen molar-refractivity contribution >= 4 is 0 Å². The van der Waals surface area contributed by atoms with Gasteiger partial charge in [-0.25, -0.2) is 4.39 Å². The number of nitriles is 1. The highest BCUT2D eigenvalue weighted by atomic mass is 19.1. The molecule has 2 aromatic carbocycles. The lowest BCUT2D eigenvalue weighted by atomic mass is 9.70. The average Bonchev–Trinajstić information content (AvgIpc) is 2.65. The van der Waals surface area contributed by atoms with Gasteiger partial charge in [0.1, 0.15) is 5.82 Å². The maximum absolute atomic E-state index is 13.0. The van der Waals surface area contributed by atoms with Gasteiger partial charge in [0.05, 0.1) is 11.5 Å². The Kier molecular flexibility index (Phi) is 7.36. The van der Waals surface area contributed by atoms with E-state index in [0.29, 0.717) is 0 Å². The Balaban J connectivity index is 1.89. The van der Waals surface area contributed by atoms with Crippen LogP contribution in [0.5, 0.6) is 0 Å². The summed E-state index contributed by atoms with van der Waals surface area (Å²) in [5, 5.41) is 9.95. The van der Waals surface area contributed by atoms with Gasteiger partial charge in [-0.2, -0.15) is 5.26 Å². The predicted octanol–water partition coefficient (Wildman–Crippen LogP) is 5.20. The second-order valence-electron chi connectivity index (χ2n) is 7.39. The van der Waals surface area contributed by atoms with Crippen LogP contribution in [0.4, 0.5) is 4.39 Å². The number of halogens is 1. The zero-order valence-corrected chi connectivity index (χ0v) is 16.1. The molecule has 0 aliphatic heterocycles. The van der Waals surface area contributed by atoms with Crippen molar-refractivity contribution in [1.82, 2.24) is 4.90 Å². The average molecular weight is 352 g/mol. The molecule has 3 heteroatoms. The first-order valence-corrected chi connectivity index (χ1v) is 9.37. The summed E-state index contributed by atoms with van der Waals surface area (Å²) in [6, 6.07) is 19.5. The van der Waals surface area contributed by atoms with Crippen LogP contribution in [0.1, 0.15) is 37.8 Å². The molecular formula is C23H29FN2. The van der Waals surface area contributed by atoms with E-state index in [1.165, 1.54) is 12.1 Å². The Morgan fingerprint density at radius 3 is 2.27 bits per heavy atom. The van der Waals surface area contributed by atoms with E-state index in [1.54, 1.807) is 0 Å². The highest BCUT2D eigenvalue weighted by Crippen LogP contribution is 2.36. The van der Waals surface area contributed by atoms with Gasteiger partial charge in [-0.3, -0.25) is 0 Å². The maximum atomic E-state index is 13.0. The van der Waals surface area contributed by atoms with E-state index in [-0.39, 0.29) is 11.7 Å². The molecule has 0 aliphatic rings. The first-order valence-electron chi connectivity index (χ1n) is 9.37. The van der Waals surface area contributed by atoms with E-state index < -0.39 is 5.41 Å². The molecule has 0 amide bonds. The van der Waals surface area contributed by atoms with Gasteiger partial charge in [0.2, 0.25) is 0 Å². The van der Waals surface area contributed by atoms with E-state index in [2.05, 4.69) is 44.0 Å². The lowest BCUT2D eigenvalue weighted by Gasteiger charge is -2.32. The largest absolute Gasteiger partial charge is 0.306 e. The third-order valence-corrected chi connectivity index (χ3v) is 5.28. The number of nitrogens with zero attached hydrogens (tertiary/aromatic N) is 2. The molecule has 1 unspecified atom stereocenters. The minimum absolute atomic E-state index is 0.190. The van der Waals surface area contributed by atoms with E-state index in [1.807, 2.05) is 30.3 Å². The smallest absolute Gasteiger partial charge is 0.123 e. The molecule has 0 spiro atoms. The number of benzene rings is 2. The Hall–Kier alpha value is -2.18. The van der Waals surface area contributed by atoms with Crippen molar-refractivity contribution < 1.29 is 4.39 Å². The second kappa shape index (κ2) is 9.50. The van der Waals surface area contributed by atoms with Crippen molar-refractivity contribution in [1.29, 1.82) is 5.26 Å². The first kappa shape index (κ1) is 20.1. The zero-order valence-electron chi connectivity index (χ0n) is 16.1. The van der Waals surface area contributed by atoms with E-state index in [0.717, 1.165) is 43.5 Å². The van der Waals surface area contributed by atoms with Crippen LogP contribution in [0.2, 0.25) is 0 Å². The molecule has 0 radical (unpaired) electrons. The third-order valence-electron chi connectivity index (χ3n) is 5.28. The zero-order chi connectivity index (χ0) is 19.0. The molecule has 0 bridgehead atoms. The Bertz CT molecular complexity index is 703. The molecule has 2 nitrogen and oxygen atoms in total. The molecule has 138 valence electrons. The number of hydrogen-bond donors (Lipinski definition) is 0. The van der Waals surface area contributed by atoms with E-state index >= 15 is 0 Å². The van der Waals surface area contributed by atoms with Crippen LogP contribution in [0.25, 0.3) is 0 Å². The highest BCUT2D eigenvalue weighted by Gasteiger charge is 2.35. The monoisotopic (exact) mass is 352 g/mol. The summed E-state index contributed by atoms with van der Waals surface area (Å²) in [6.45, 7) is 6.14. The Morgan fingerprint density at radius 2 is 1.69 bits per heavy atom. The van der Waals surface area contributed by atoms with Crippen molar-refractivity contribution in [3.05, 3.63) is 71.5 Å². The van der Waals surface area contributed by atoms with Crippen LogP contribution in [0.3, 0.4) is 0 Å². The molecule has 0 saturated heterocycles. The molecule has 26 heavy (non-hydrogen) atoms. The molecule has 0 aliphatic carbocycles. The normalized spacial score (nSPS) is 13.6. The lowest BCUT2D eigenvalue weighted by Crippen LogP contribution is -2.32. The lowest BCUT2D eigenvalue weighted by molar-refractivity contribution is 0.294. The molecule has 2 rings (SSSR count). The Morgan fingerprint density at radius 1 is 1.04 bits per heavy atom. The molecular weight excluding hydrogens is 323 g/mol. The van der Waals surface area contributed by atoms with Gasteiger partial charge in [-0.05, 0) is 62.0 Å². The van der Waals surface area contributed by atoms with Crippen molar-refractivity contribution in [2.24, 2.45) is 5.92 Å². The van der Waals surface area contributed by atoms with Crippen molar-refractivity contribution in [3.8, 4) is 6.07 Å². The van der Waals surface area contributed by atoms with Gasteiger partial charge in [0.25, 0.3) is 0 Å². The third kappa shape index (κ3) is 5.16. The minimum atomic E-state index is -0.431. The topological polar surface area (TPSA) is 27.0 Å². The standard InChI is InChI=1S/C23H29FN2/c1-19(2)23(18-25,21-8-5-4-6-9-21)15-7-16-26(3)17-14-20-10-12-22(24)13-11-20/h4-6,8-13,19H,7,14-17H2,1-3H3. The van der Waals surface area contributed by atoms with Gasteiger partial charge in [-0.1, -0.05) is 56.3 Å². The van der Waals surface area contributed by atoms with E-state index in [4.69, 9.17) is 0 Å². The molecule has 0 heterocycles. The highest BCUT2D eigenvalue weighted by molar-refractivity contribution is 5.33. The number of hydrogen-bond acceptors (Lipinski definition) is 2. The van der Waals surface area contributed by atoms with Gasteiger partial charge >= 0.3 is 0 Å². The van der Waals surface area contributed by atoms with Crippen LogP contribution in [-0.4, -0.2) is 25.0 Å². The summed E-state index contributed by atoms with van der Waals surface area (Å²) in [5.74, 6) is 0.0731. The first-order chi connectivity index (χ1) is 12.5. The van der Waals surface area contributed by atoms with Crippen LogP contribution in [-0.2, 0) is 11.8 Å². The maximum Gasteiger partial charge on any atom is 0.123 e. The summed E-state index contributed by atoms with van der Waals surface area (Å²) in [4.78, 5) is 2.29. The van der Waals surface area contributed by atoms with Crippen molar-refractivity contribution in [2.75, 3.05) is 20.1 Å². The summed E-state index contributed by atoms with van der Waals surface area (Å²) < 4.78 is 13.0. The SMILES string of the molecule is CC(C)C(C#N)(CCCN(C)CCc1ccc(F)cc1)c1ccccc1. The van der Waals surface area contributed by atoms with Crippen LogP contribution < -0.4 is 0 Å². The fraction of sp³-hybridized carbons (Fsp3) is 0.435. The van der Waals surface area contributed by atoms with Gasteiger partial charge < -0.3 is 4.90 Å². The van der Waals surface area contributed by atoms with E-state index in [9.17, 15) is 9.65 Å². The van der Waals surface area contributed by atoms with Crippen molar-refractivity contribution in [3.63, 3.8) is 0 Å². The molecule has 0 fully saturated rings. The fourth-order valence-corrected chi connectivity index (χ4v) is 3.46. The Labute approximate surface area is 157 Å². The summed E-state index contributed by atoms with van der Waals surface area (Å²) in [6.07, 6.45) is 2.73. The summed E-state index contributed by atoms with van der Waals surface area (Å²) in [5.41, 5.74) is 1.83. The minimum Gasteiger partial charge on any atom is -0.306 e. The predicted molar refractivity (Wildman–Crippen MR) is 105 cm³/mol. The van der Waals surface area contributed by atoms with Crippen molar-refractivity contribution in [2.45, 2.75) is 38.5 Å². The van der Waals surface area contributed by atoms with Gasteiger partial charge in [-0.15, -0.1) is 0 Å².